The SMILES string of the molecule is Cc1cn([C@H]2C[C@H](OP(=O)(O)OC[C@H]3O[C@@H](n4ccc(N)nc4=O)C[C@@H]3OP(=O)(O)OC[C@H]3O[C@@H](n4cnc5c(N)ncnc54)C[C@@H]3O)[C@@H](COP(=O)(O)O[C@H]3C[C@H](n4cc(C)c(=O)[nH]c4=O)O[C@@H]3COP(=O)(O)O[C@H]3C[C@H](n4cnc5c(=O)[nH]c(N)nc54)O[C@@H]3CO)O2)c(=O)[nH]c1=O. The quantitative estimate of drug-likeness (QED) is 0.0249. The molecule has 99 heavy (non-hydrogen) atoms. The molecule has 0 spiro atoms. The molecule has 0 aliphatic carbocycles. The molecule has 5 aliphatic heterocycles. The van der Waals surface area contributed by atoms with Crippen LogP contribution in [0.5, 0.6) is 0 Å². The molecule has 15 N–H and O–H groups in total. The number of aryl methyl sites for hydroxylation is 2. The summed E-state index contributed by atoms with van der Waals surface area (Å²) in [6.07, 6.45) is -16.6. The minimum Gasteiger partial charge on any atom is -0.394 e. The number of aromatic nitrogens is 14. The van der Waals surface area contributed by atoms with E-state index in [1.807, 2.05) is 0 Å². The Bertz CT molecular complexity index is 4780. The topological polar surface area (TPSA) is 639 Å². The summed E-state index contributed by atoms with van der Waals surface area (Å²) in [7, 11) is -21.6. The number of hydrogen-bond acceptors (Lipinski definition) is 34. The lowest BCUT2D eigenvalue weighted by Gasteiger charge is -2.25. The summed E-state index contributed by atoms with van der Waals surface area (Å²) in [5.41, 5.74) is 12.4. The number of nitrogens with one attached hydrogen (secondary N) is 3. The molecule has 5 fully saturated rings. The third-order valence-corrected chi connectivity index (χ3v) is 20.4. The minimum atomic E-state index is -5.55. The largest absolute Gasteiger partial charge is 0.472 e. The van der Waals surface area contributed by atoms with Gasteiger partial charge in [-0.05, 0) is 19.9 Å². The van der Waals surface area contributed by atoms with Crippen molar-refractivity contribution in [1.29, 1.82) is 0 Å². The number of aliphatic hydroxyl groups is 2. The number of rotatable bonds is 26. The molecule has 19 atom stereocenters. The summed E-state index contributed by atoms with van der Waals surface area (Å²) in [6.45, 7) is -2.00. The van der Waals surface area contributed by atoms with Crippen molar-refractivity contribution in [2.75, 3.05) is 50.2 Å². The molecule has 7 aromatic rings. The number of aromatic amines is 3. The summed E-state index contributed by atoms with van der Waals surface area (Å²) < 4.78 is 134. The molecule has 5 aliphatic rings. The van der Waals surface area contributed by atoms with Crippen LogP contribution in [-0.4, -0.2) is 192 Å². The van der Waals surface area contributed by atoms with Crippen LogP contribution in [0.4, 0.5) is 17.6 Å². The van der Waals surface area contributed by atoms with Crippen molar-refractivity contribution in [2.45, 2.75) is 138 Å². The van der Waals surface area contributed by atoms with Gasteiger partial charge in [0, 0.05) is 61.8 Å². The number of fused-ring (bicyclic) bond motifs is 2. The number of phosphoric ester groups is 4. The van der Waals surface area contributed by atoms with Crippen LogP contribution < -0.4 is 50.9 Å². The van der Waals surface area contributed by atoms with Crippen LogP contribution >= 0.6 is 31.3 Å². The molecule has 5 saturated heterocycles. The van der Waals surface area contributed by atoms with E-state index in [1.165, 1.54) is 54.2 Å². The highest BCUT2D eigenvalue weighted by atomic mass is 31.2. The van der Waals surface area contributed by atoms with Crippen molar-refractivity contribution in [3.05, 3.63) is 117 Å². The zero-order valence-electron chi connectivity index (χ0n) is 51.3. The number of ether oxygens (including phenoxy) is 5. The molecule has 12 rings (SSSR count). The van der Waals surface area contributed by atoms with Crippen LogP contribution in [0.2, 0.25) is 0 Å². The highest BCUT2D eigenvalue weighted by Crippen LogP contribution is 2.55. The average molecular weight is 1480 g/mol. The fraction of sp³-hybridized carbons (Fsp3) is 0.551. The summed E-state index contributed by atoms with van der Waals surface area (Å²) in [5.74, 6) is -0.372. The number of imidazole rings is 2. The monoisotopic (exact) mass is 1480 g/mol. The molecule has 4 unspecified atom stereocenters. The number of hydrogen-bond donors (Lipinski definition) is 12. The number of nitrogens with two attached hydrogens (primary N) is 3. The molecule has 0 aromatic carbocycles. The minimum absolute atomic E-state index is 0.00536. The Morgan fingerprint density at radius 2 is 0.929 bits per heavy atom. The van der Waals surface area contributed by atoms with E-state index in [0.717, 1.165) is 26.1 Å². The van der Waals surface area contributed by atoms with Gasteiger partial charge in [-0.15, -0.1) is 0 Å². The Morgan fingerprint density at radius 1 is 0.515 bits per heavy atom. The lowest BCUT2D eigenvalue weighted by Crippen LogP contribution is -2.33. The number of aliphatic hydroxyl groups excluding tert-OH is 2. The third-order valence-electron chi connectivity index (χ3n) is 16.3. The van der Waals surface area contributed by atoms with Gasteiger partial charge in [-0.1, -0.05) is 0 Å². The molecule has 0 saturated carbocycles. The van der Waals surface area contributed by atoms with Gasteiger partial charge in [0.25, 0.3) is 16.7 Å². The van der Waals surface area contributed by atoms with Crippen molar-refractivity contribution < 1.29 is 108 Å². The smallest absolute Gasteiger partial charge is 0.394 e. The van der Waals surface area contributed by atoms with Crippen LogP contribution in [0.15, 0.2) is 72.4 Å². The predicted octanol–water partition coefficient (Wildman–Crippen LogP) is -2.52. The van der Waals surface area contributed by atoms with E-state index in [-0.39, 0.29) is 63.9 Å². The van der Waals surface area contributed by atoms with Crippen molar-refractivity contribution in [1.82, 2.24) is 67.7 Å². The van der Waals surface area contributed by atoms with Gasteiger partial charge in [-0.25, -0.2) is 52.6 Å². The molecular formula is C49H63N17O29P4. The lowest BCUT2D eigenvalue weighted by molar-refractivity contribution is -0.0648. The van der Waals surface area contributed by atoms with Gasteiger partial charge in [-0.2, -0.15) is 9.97 Å². The average Bonchev–Trinajstić information content (AvgIpc) is 1.67. The van der Waals surface area contributed by atoms with Gasteiger partial charge in [0.2, 0.25) is 5.95 Å². The first-order valence-corrected chi connectivity index (χ1v) is 35.6. The maximum absolute atomic E-state index is 14.1. The summed E-state index contributed by atoms with van der Waals surface area (Å²) >= 11 is 0. The molecule has 12 heterocycles. The fourth-order valence-electron chi connectivity index (χ4n) is 11.5. The summed E-state index contributed by atoms with van der Waals surface area (Å²) in [5, 5.41) is 21.1. The summed E-state index contributed by atoms with van der Waals surface area (Å²) in [4.78, 5) is 152. The zero-order valence-corrected chi connectivity index (χ0v) is 54.9. The predicted molar refractivity (Wildman–Crippen MR) is 326 cm³/mol. The number of H-pyrrole nitrogens is 3. The first kappa shape index (κ1) is 71.5. The Hall–Kier alpha value is -7.30. The van der Waals surface area contributed by atoms with E-state index >= 15 is 0 Å². The Balaban J connectivity index is 0.727. The fourth-order valence-corrected chi connectivity index (χ4v) is 15.4. The van der Waals surface area contributed by atoms with Crippen molar-refractivity contribution in [2.24, 2.45) is 0 Å². The Morgan fingerprint density at radius 3 is 1.41 bits per heavy atom. The van der Waals surface area contributed by atoms with Crippen LogP contribution in [0, 0.1) is 13.8 Å². The first-order chi connectivity index (χ1) is 46.8. The Labute approximate surface area is 550 Å². The molecule has 50 heteroatoms. The standard InChI is InChI=1S/C49H63N17O29P4/c1-20-10-63(48(73)60-43(20)69)35-8-25(30(90-35)15-84-97(77,78)92-23-6-37(87-27(23)12-67)66-19-56-39-42(66)58-46(52)59-45(39)71)95-99(81,82)86-16-31-26(9-36(91-31)64-11-21(2)44(70)61-49(64)74)94-98(79,80)85-14-29-24(7-34(89-29)62-4-3-32(50)57-47(62)72)93-96(75,76)83-13-28-22(68)5-33(88-28)65-18-55-38-40(51)53-17-54-41(38)65/h3-4,10-11,17-19,22-31,33-37,67-68H,5-9,12-16H2,1-2H3,(H,75,76)(H,77,78)(H,79,80)(H,81,82)(H2,50,57,72)(H2,51,53,54)(H,60,69,73)(H,61,70,74)(H3,52,58,59,71)/t22-,23-,24-,25-,26-,27+,28+,29+,30+,31+,33+,34+,35+,36+,37+/m0/s1. The molecule has 7 aromatic heterocycles. The molecule has 538 valence electrons. The highest BCUT2D eigenvalue weighted by Gasteiger charge is 2.50. The molecular weight excluding hydrogens is 1410 g/mol. The van der Waals surface area contributed by atoms with Crippen molar-refractivity contribution in [3.8, 4) is 0 Å². The highest BCUT2D eigenvalue weighted by molar-refractivity contribution is 7.48. The lowest BCUT2D eigenvalue weighted by atomic mass is 10.2. The molecule has 0 radical (unpaired) electrons. The van der Waals surface area contributed by atoms with Gasteiger partial charge >= 0.3 is 48.4 Å². The van der Waals surface area contributed by atoms with Crippen LogP contribution in [0.1, 0.15) is 74.4 Å². The van der Waals surface area contributed by atoms with Gasteiger partial charge in [-0.3, -0.25) is 88.4 Å². The van der Waals surface area contributed by atoms with Crippen molar-refractivity contribution in [3.63, 3.8) is 0 Å². The maximum Gasteiger partial charge on any atom is 0.472 e. The number of nitrogen functional groups attached to an aromatic ring is 3. The Kier molecular flexibility index (Phi) is 20.4. The van der Waals surface area contributed by atoms with Gasteiger partial charge in [0.05, 0.1) is 51.8 Å². The van der Waals surface area contributed by atoms with Crippen LogP contribution in [0.25, 0.3) is 22.3 Å². The molecule has 0 amide bonds. The van der Waals surface area contributed by atoms with E-state index < -0.39 is 210 Å². The van der Waals surface area contributed by atoms with Gasteiger partial charge in [0.15, 0.2) is 22.6 Å². The van der Waals surface area contributed by atoms with E-state index in [0.29, 0.717) is 0 Å². The number of phosphoric acid groups is 4. The van der Waals surface area contributed by atoms with Gasteiger partial charge in [0.1, 0.15) is 104 Å². The van der Waals surface area contributed by atoms with Crippen LogP contribution in [0.3, 0.4) is 0 Å². The van der Waals surface area contributed by atoms with Gasteiger partial charge < -0.3 is 70.7 Å². The van der Waals surface area contributed by atoms with Crippen LogP contribution in [-0.2, 0) is 78.1 Å². The molecule has 46 nitrogen and oxygen atoms in total. The molecule has 0 bridgehead atoms. The van der Waals surface area contributed by atoms with Crippen molar-refractivity contribution >= 4 is 71.2 Å². The second kappa shape index (κ2) is 28.3. The number of nitrogens with zero attached hydrogens (tertiary/aromatic N) is 11. The van der Waals surface area contributed by atoms with E-state index in [4.69, 9.17) is 77.1 Å². The zero-order chi connectivity index (χ0) is 70.8. The van der Waals surface area contributed by atoms with E-state index in [1.54, 1.807) is 0 Å². The first-order valence-electron chi connectivity index (χ1n) is 29.6. The second-order valence-corrected chi connectivity index (χ2v) is 28.7. The van der Waals surface area contributed by atoms with E-state index in [9.17, 15) is 76.8 Å². The maximum atomic E-state index is 14.1. The van der Waals surface area contributed by atoms with E-state index in [2.05, 4.69) is 44.9 Å². The summed E-state index contributed by atoms with van der Waals surface area (Å²) in [6, 6.07) is 1.23. The number of anilines is 3. The second-order valence-electron chi connectivity index (χ2n) is 23.1. The normalized spacial score (nSPS) is 29.7. The third kappa shape index (κ3) is 15.9.